The summed E-state index contributed by atoms with van der Waals surface area (Å²) in [6.45, 7) is 5.62. The zero-order valence-electron chi connectivity index (χ0n) is 23.3. The minimum atomic E-state index is -0.789. The molecule has 0 amide bonds. The molecule has 0 unspecified atom stereocenters. The van der Waals surface area contributed by atoms with Crippen LogP contribution >= 0.6 is 22.9 Å². The van der Waals surface area contributed by atoms with Gasteiger partial charge in [0, 0.05) is 5.56 Å². The Labute approximate surface area is 254 Å². The van der Waals surface area contributed by atoms with Gasteiger partial charge in [0.15, 0.2) is 4.80 Å². The Hall–Kier alpha value is -4.67. The minimum Gasteiger partial charge on any atom is -0.463 e. The summed E-state index contributed by atoms with van der Waals surface area (Å²) >= 11 is 7.08. The summed E-state index contributed by atoms with van der Waals surface area (Å²) in [5.41, 5.74) is 2.75. The number of nitrogens with zero attached hydrogens (tertiary/aromatic N) is 4. The van der Waals surface area contributed by atoms with Gasteiger partial charge < -0.3 is 9.47 Å². The highest BCUT2D eigenvalue weighted by Crippen LogP contribution is 2.34. The molecule has 0 saturated carbocycles. The molecule has 43 heavy (non-hydrogen) atoms. The zero-order valence-corrected chi connectivity index (χ0v) is 24.9. The van der Waals surface area contributed by atoms with Crippen LogP contribution < -0.4 is 19.6 Å². The summed E-state index contributed by atoms with van der Waals surface area (Å²) in [7, 11) is 0. The molecular formula is C32H24ClFN4O4S. The molecule has 6 rings (SSSR count). The molecule has 0 aliphatic carbocycles. The van der Waals surface area contributed by atoms with Crippen molar-refractivity contribution in [3.8, 4) is 11.6 Å². The Kier molecular flexibility index (Phi) is 7.64. The van der Waals surface area contributed by atoms with Crippen LogP contribution in [0.25, 0.3) is 16.8 Å². The first-order valence-corrected chi connectivity index (χ1v) is 14.6. The fourth-order valence-electron chi connectivity index (χ4n) is 5.01. The zero-order chi connectivity index (χ0) is 30.2. The lowest BCUT2D eigenvalue weighted by Gasteiger charge is -2.24. The molecule has 1 aliphatic heterocycles. The maximum atomic E-state index is 14.5. The van der Waals surface area contributed by atoms with Crippen molar-refractivity contribution in [3.05, 3.63) is 126 Å². The molecule has 2 aromatic heterocycles. The molecule has 0 radical (unpaired) electrons. The van der Waals surface area contributed by atoms with Crippen molar-refractivity contribution in [2.24, 2.45) is 4.99 Å². The van der Waals surface area contributed by atoms with Crippen LogP contribution in [0.5, 0.6) is 11.6 Å². The summed E-state index contributed by atoms with van der Waals surface area (Å²) in [6, 6.07) is 18.0. The third-order valence-corrected chi connectivity index (χ3v) is 8.17. The summed E-state index contributed by atoms with van der Waals surface area (Å²) in [4.78, 5) is 39.9. The molecule has 0 bridgehead atoms. The molecule has 3 aromatic carbocycles. The predicted molar refractivity (Wildman–Crippen MR) is 163 cm³/mol. The van der Waals surface area contributed by atoms with Gasteiger partial charge in [-0.05, 0) is 60.9 Å². The Morgan fingerprint density at radius 1 is 1.12 bits per heavy atom. The molecular weight excluding hydrogens is 591 g/mol. The minimum absolute atomic E-state index is 0.170. The van der Waals surface area contributed by atoms with Crippen molar-refractivity contribution in [3.63, 3.8) is 0 Å². The number of hydrogen-bond acceptors (Lipinski definition) is 8. The third-order valence-electron chi connectivity index (χ3n) is 7.01. The predicted octanol–water partition coefficient (Wildman–Crippen LogP) is 5.63. The SMILES string of the molecule is CCOC(=O)C1=C(C)N=c2s/c(=C\c3c(Oc4nc(Cl)ncc4F)ccc4ccccc34)c(=O)n2[C@H]1c1ccc(C)cc1. The molecule has 0 fully saturated rings. The van der Waals surface area contributed by atoms with Gasteiger partial charge in [0.1, 0.15) is 5.75 Å². The van der Waals surface area contributed by atoms with Gasteiger partial charge in [0.2, 0.25) is 11.1 Å². The lowest BCUT2D eigenvalue weighted by molar-refractivity contribution is -0.139. The smallest absolute Gasteiger partial charge is 0.338 e. The van der Waals surface area contributed by atoms with Crippen molar-refractivity contribution in [1.82, 2.24) is 14.5 Å². The Bertz CT molecular complexity index is 2120. The lowest BCUT2D eigenvalue weighted by Crippen LogP contribution is -2.39. The second-order valence-corrected chi connectivity index (χ2v) is 11.2. The third kappa shape index (κ3) is 5.35. The first kappa shape index (κ1) is 28.4. The Morgan fingerprint density at radius 3 is 2.65 bits per heavy atom. The Morgan fingerprint density at radius 2 is 1.88 bits per heavy atom. The number of ether oxygens (including phenoxy) is 2. The standard InChI is InChI=1S/C32H24ClFN4O4S/c1-4-41-30(40)26-18(3)36-32-38(27(26)20-11-9-17(2)10-12-20)29(39)25(43-32)15-22-21-8-6-5-7-19(21)13-14-24(22)42-28-23(34)16-35-31(33)37-28/h5-16,27H,4H2,1-3H3/b25-15-/t27-/m0/s1. The van der Waals surface area contributed by atoms with Gasteiger partial charge in [-0.3, -0.25) is 9.36 Å². The quantitative estimate of drug-likeness (QED) is 0.182. The lowest BCUT2D eigenvalue weighted by atomic mass is 9.95. The fraction of sp³-hybridized carbons (Fsp3) is 0.156. The molecule has 0 saturated heterocycles. The van der Waals surface area contributed by atoms with Crippen LogP contribution in [0.3, 0.4) is 0 Å². The van der Waals surface area contributed by atoms with Crippen molar-refractivity contribution in [2.75, 3.05) is 6.61 Å². The molecule has 0 N–H and O–H groups in total. The number of thiazole rings is 1. The van der Waals surface area contributed by atoms with E-state index in [1.165, 1.54) is 15.9 Å². The van der Waals surface area contributed by atoms with E-state index in [0.29, 0.717) is 26.2 Å². The number of rotatable bonds is 6. The highest BCUT2D eigenvalue weighted by atomic mass is 35.5. The molecule has 1 atom stereocenters. The van der Waals surface area contributed by atoms with Gasteiger partial charge in [-0.2, -0.15) is 9.37 Å². The number of allylic oxidation sites excluding steroid dienone is 1. The van der Waals surface area contributed by atoms with Gasteiger partial charge in [-0.25, -0.2) is 14.8 Å². The number of fused-ring (bicyclic) bond motifs is 2. The van der Waals surface area contributed by atoms with E-state index in [4.69, 9.17) is 21.1 Å². The van der Waals surface area contributed by atoms with Gasteiger partial charge in [-0.15, -0.1) is 0 Å². The van der Waals surface area contributed by atoms with Crippen LogP contribution in [0.2, 0.25) is 5.28 Å². The molecule has 5 aromatic rings. The van der Waals surface area contributed by atoms with Crippen molar-refractivity contribution < 1.29 is 18.7 Å². The maximum Gasteiger partial charge on any atom is 0.338 e. The maximum absolute atomic E-state index is 14.5. The van der Waals surface area contributed by atoms with Gasteiger partial charge in [0.05, 0.1) is 34.6 Å². The number of aromatic nitrogens is 3. The normalized spacial score (nSPS) is 14.9. The molecule has 1 aliphatic rings. The molecule has 0 spiro atoms. The van der Waals surface area contributed by atoms with Gasteiger partial charge in [-0.1, -0.05) is 71.5 Å². The second-order valence-electron chi connectivity index (χ2n) is 9.81. The van der Waals surface area contributed by atoms with E-state index in [2.05, 4.69) is 15.0 Å². The number of benzene rings is 3. The fourth-order valence-corrected chi connectivity index (χ4v) is 6.16. The highest BCUT2D eigenvalue weighted by molar-refractivity contribution is 7.07. The average molecular weight is 615 g/mol. The summed E-state index contributed by atoms with van der Waals surface area (Å²) in [6.07, 6.45) is 2.62. The number of aryl methyl sites for hydroxylation is 1. The van der Waals surface area contributed by atoms with E-state index in [9.17, 15) is 14.0 Å². The second kappa shape index (κ2) is 11.5. The van der Waals surface area contributed by atoms with Gasteiger partial charge >= 0.3 is 5.97 Å². The van der Waals surface area contributed by atoms with E-state index < -0.39 is 17.8 Å². The first-order chi connectivity index (χ1) is 20.7. The number of carbonyl (C=O) groups excluding carboxylic acids is 1. The van der Waals surface area contributed by atoms with Crippen LogP contribution in [-0.4, -0.2) is 27.1 Å². The monoisotopic (exact) mass is 614 g/mol. The van der Waals surface area contributed by atoms with Crippen molar-refractivity contribution >= 4 is 45.8 Å². The number of hydrogen-bond donors (Lipinski definition) is 0. The van der Waals surface area contributed by atoms with E-state index in [0.717, 1.165) is 28.1 Å². The number of halogens is 2. The molecule has 8 nitrogen and oxygen atoms in total. The summed E-state index contributed by atoms with van der Waals surface area (Å²) in [5, 5.41) is 1.48. The Balaban J connectivity index is 1.58. The number of carbonyl (C=O) groups is 1. The van der Waals surface area contributed by atoms with Crippen LogP contribution in [0.4, 0.5) is 4.39 Å². The van der Waals surface area contributed by atoms with E-state index in [1.54, 1.807) is 26.0 Å². The van der Waals surface area contributed by atoms with Crippen LogP contribution in [0.1, 0.15) is 36.6 Å². The van der Waals surface area contributed by atoms with Crippen LogP contribution in [-0.2, 0) is 9.53 Å². The van der Waals surface area contributed by atoms with Crippen LogP contribution in [0, 0.1) is 12.7 Å². The molecule has 11 heteroatoms. The largest absolute Gasteiger partial charge is 0.463 e. The highest BCUT2D eigenvalue weighted by Gasteiger charge is 2.33. The van der Waals surface area contributed by atoms with E-state index in [-0.39, 0.29) is 29.1 Å². The summed E-state index contributed by atoms with van der Waals surface area (Å²) < 4.78 is 27.7. The average Bonchev–Trinajstić information content (AvgIpc) is 3.29. The first-order valence-electron chi connectivity index (χ1n) is 13.4. The number of esters is 1. The van der Waals surface area contributed by atoms with E-state index >= 15 is 0 Å². The van der Waals surface area contributed by atoms with Crippen molar-refractivity contribution in [2.45, 2.75) is 26.8 Å². The molecule has 3 heterocycles. The van der Waals surface area contributed by atoms with E-state index in [1.807, 2.05) is 61.5 Å². The van der Waals surface area contributed by atoms with Gasteiger partial charge in [0.25, 0.3) is 11.4 Å². The summed E-state index contributed by atoms with van der Waals surface area (Å²) in [5.74, 6) is -1.40. The molecule has 216 valence electrons. The van der Waals surface area contributed by atoms with Crippen molar-refractivity contribution in [1.29, 1.82) is 0 Å². The van der Waals surface area contributed by atoms with Crippen LogP contribution in [0.15, 0.2) is 87.9 Å². The topological polar surface area (TPSA) is 95.7 Å².